The van der Waals surface area contributed by atoms with E-state index in [1.807, 2.05) is 19.1 Å². The molecular formula is C18H18N4O4. The molecule has 0 bridgehead atoms. The molecule has 8 nitrogen and oxygen atoms in total. The van der Waals surface area contributed by atoms with Gasteiger partial charge in [0.15, 0.2) is 5.82 Å². The molecule has 1 amide bonds. The summed E-state index contributed by atoms with van der Waals surface area (Å²) in [7, 11) is 3.03. The molecule has 0 saturated carbocycles. The van der Waals surface area contributed by atoms with E-state index in [0.717, 1.165) is 29.9 Å². The molecule has 134 valence electrons. The summed E-state index contributed by atoms with van der Waals surface area (Å²) >= 11 is 0. The number of ether oxygens (including phenoxy) is 2. The quantitative estimate of drug-likeness (QED) is 0.765. The van der Waals surface area contributed by atoms with Crippen LogP contribution in [-0.4, -0.2) is 34.9 Å². The smallest absolute Gasteiger partial charge is 0.323 e. The van der Waals surface area contributed by atoms with Gasteiger partial charge in [0.1, 0.15) is 11.3 Å². The standard InChI is InChI=1S/C18H18N4O4/c1-11-6-4-7-12(16(11)25-2)14-8-5-9-15(20-14)22-18(26-3)13(10-19-22)17(23)21-24/h5,7-10H,4,6H2,1-3H3. The van der Waals surface area contributed by atoms with E-state index in [0.29, 0.717) is 5.82 Å². The molecule has 26 heavy (non-hydrogen) atoms. The average molecular weight is 354 g/mol. The van der Waals surface area contributed by atoms with Gasteiger partial charge in [-0.1, -0.05) is 12.1 Å². The molecule has 0 atom stereocenters. The van der Waals surface area contributed by atoms with Crippen LogP contribution in [0.25, 0.3) is 11.4 Å². The van der Waals surface area contributed by atoms with E-state index < -0.39 is 5.91 Å². The second-order valence-electron chi connectivity index (χ2n) is 5.73. The summed E-state index contributed by atoms with van der Waals surface area (Å²) in [5.74, 6) is 0.424. The van der Waals surface area contributed by atoms with Crippen LogP contribution in [0.4, 0.5) is 0 Å². The lowest BCUT2D eigenvalue weighted by Gasteiger charge is -2.19. The van der Waals surface area contributed by atoms with Crippen LogP contribution in [0.15, 0.2) is 47.0 Å². The van der Waals surface area contributed by atoms with E-state index in [1.54, 1.807) is 13.2 Å². The normalized spacial score (nSPS) is 14.0. The number of carbonyl (C=O) groups excluding carboxylic acids is 1. The number of aromatic nitrogens is 3. The van der Waals surface area contributed by atoms with Crippen LogP contribution in [0.3, 0.4) is 0 Å². The van der Waals surface area contributed by atoms with Gasteiger partial charge >= 0.3 is 5.91 Å². The summed E-state index contributed by atoms with van der Waals surface area (Å²) in [6.07, 6.45) is 5.18. The van der Waals surface area contributed by atoms with E-state index in [4.69, 9.17) is 9.47 Å². The summed E-state index contributed by atoms with van der Waals surface area (Å²) in [6, 6.07) is 5.44. The SMILES string of the molecule is COC1=C(C)CCC=C1c1cccc(-n2ncc(C(=O)N=O)c2OC)n1. The monoisotopic (exact) mass is 354 g/mol. The Bertz CT molecular complexity index is 927. The minimum Gasteiger partial charge on any atom is -0.496 e. The molecule has 0 aromatic carbocycles. The summed E-state index contributed by atoms with van der Waals surface area (Å²) in [6.45, 7) is 2.04. The van der Waals surface area contributed by atoms with Gasteiger partial charge in [-0.3, -0.25) is 4.79 Å². The molecular weight excluding hydrogens is 336 g/mol. The van der Waals surface area contributed by atoms with Crippen LogP contribution in [0.5, 0.6) is 5.88 Å². The van der Waals surface area contributed by atoms with Gasteiger partial charge in [-0.25, -0.2) is 4.98 Å². The molecule has 2 aromatic heterocycles. The Morgan fingerprint density at radius 1 is 1.27 bits per heavy atom. The van der Waals surface area contributed by atoms with Crippen LogP contribution in [0.2, 0.25) is 0 Å². The largest absolute Gasteiger partial charge is 0.496 e. The van der Waals surface area contributed by atoms with Crippen molar-refractivity contribution in [3.63, 3.8) is 0 Å². The maximum atomic E-state index is 11.6. The first kappa shape index (κ1) is 17.5. The van der Waals surface area contributed by atoms with Gasteiger partial charge in [0.2, 0.25) is 5.88 Å². The lowest BCUT2D eigenvalue weighted by Crippen LogP contribution is -2.07. The van der Waals surface area contributed by atoms with Gasteiger partial charge in [-0.2, -0.15) is 9.78 Å². The van der Waals surface area contributed by atoms with E-state index in [9.17, 15) is 9.70 Å². The van der Waals surface area contributed by atoms with Crippen molar-refractivity contribution >= 4 is 11.5 Å². The molecule has 3 rings (SSSR count). The molecule has 0 saturated heterocycles. The molecule has 2 heterocycles. The van der Waals surface area contributed by atoms with Gasteiger partial charge < -0.3 is 9.47 Å². The van der Waals surface area contributed by atoms with E-state index >= 15 is 0 Å². The summed E-state index contributed by atoms with van der Waals surface area (Å²) in [5, 5.41) is 6.53. The highest BCUT2D eigenvalue weighted by molar-refractivity contribution is 5.96. The van der Waals surface area contributed by atoms with E-state index in [1.165, 1.54) is 23.6 Å². The molecule has 0 aliphatic heterocycles. The lowest BCUT2D eigenvalue weighted by molar-refractivity contribution is 0.0997. The summed E-state index contributed by atoms with van der Waals surface area (Å²) in [4.78, 5) is 26.8. The maximum Gasteiger partial charge on any atom is 0.323 e. The zero-order chi connectivity index (χ0) is 18.7. The minimum atomic E-state index is -0.945. The fraction of sp³-hybridized carbons (Fsp3) is 0.278. The van der Waals surface area contributed by atoms with Crippen molar-refractivity contribution in [2.45, 2.75) is 19.8 Å². The third kappa shape index (κ3) is 3.01. The Morgan fingerprint density at radius 2 is 2.08 bits per heavy atom. The van der Waals surface area contributed by atoms with Gasteiger partial charge in [0, 0.05) is 10.7 Å². The van der Waals surface area contributed by atoms with Crippen molar-refractivity contribution in [3.05, 3.63) is 58.0 Å². The lowest BCUT2D eigenvalue weighted by atomic mass is 9.96. The van der Waals surface area contributed by atoms with E-state index in [2.05, 4.69) is 21.3 Å². The second-order valence-corrected chi connectivity index (χ2v) is 5.73. The van der Waals surface area contributed by atoms with Crippen molar-refractivity contribution < 1.29 is 14.3 Å². The summed E-state index contributed by atoms with van der Waals surface area (Å²) < 4.78 is 12.1. The Labute approximate surface area is 150 Å². The molecule has 0 radical (unpaired) electrons. The van der Waals surface area contributed by atoms with Crippen molar-refractivity contribution in [3.8, 4) is 11.7 Å². The molecule has 8 heteroatoms. The number of pyridine rings is 1. The third-order valence-corrected chi connectivity index (χ3v) is 4.16. The molecule has 0 fully saturated rings. The zero-order valence-corrected chi connectivity index (χ0v) is 14.7. The fourth-order valence-corrected chi connectivity index (χ4v) is 2.96. The highest BCUT2D eigenvalue weighted by atomic mass is 16.5. The van der Waals surface area contributed by atoms with Gasteiger partial charge in [-0.15, -0.1) is 4.91 Å². The number of hydrogen-bond donors (Lipinski definition) is 0. The number of nitroso groups, excluding NO2 is 1. The first-order chi connectivity index (χ1) is 12.6. The second kappa shape index (κ2) is 7.30. The number of rotatable bonds is 5. The first-order valence-electron chi connectivity index (χ1n) is 8.02. The Kier molecular flexibility index (Phi) is 4.92. The molecule has 0 spiro atoms. The van der Waals surface area contributed by atoms with E-state index in [-0.39, 0.29) is 11.4 Å². The molecule has 0 N–H and O–H groups in total. The van der Waals surface area contributed by atoms with Crippen LogP contribution < -0.4 is 4.74 Å². The fourth-order valence-electron chi connectivity index (χ4n) is 2.96. The van der Waals surface area contributed by atoms with Gasteiger partial charge in [0.05, 0.1) is 26.1 Å². The number of nitrogens with zero attached hydrogens (tertiary/aromatic N) is 4. The maximum absolute atomic E-state index is 11.6. The van der Waals surface area contributed by atoms with Crippen molar-refractivity contribution in [1.82, 2.24) is 14.8 Å². The molecule has 2 aromatic rings. The van der Waals surface area contributed by atoms with Gasteiger partial charge in [-0.05, 0) is 37.5 Å². The number of allylic oxidation sites excluding steroid dienone is 3. The third-order valence-electron chi connectivity index (χ3n) is 4.16. The zero-order valence-electron chi connectivity index (χ0n) is 14.7. The number of amides is 1. The Morgan fingerprint density at radius 3 is 2.77 bits per heavy atom. The van der Waals surface area contributed by atoms with Crippen LogP contribution in [0.1, 0.15) is 35.8 Å². The molecule has 1 aliphatic rings. The van der Waals surface area contributed by atoms with Crippen LogP contribution in [0, 0.1) is 4.91 Å². The molecule has 0 unspecified atom stereocenters. The topological polar surface area (TPSA) is 95.7 Å². The predicted octanol–water partition coefficient (Wildman–Crippen LogP) is 3.28. The van der Waals surface area contributed by atoms with Gasteiger partial charge in [0.25, 0.3) is 0 Å². The van der Waals surface area contributed by atoms with Crippen molar-refractivity contribution in [2.75, 3.05) is 14.2 Å². The Hall–Kier alpha value is -3.29. The number of methoxy groups -OCH3 is 2. The minimum absolute atomic E-state index is 0.0140. The number of carbonyl (C=O) groups is 1. The highest BCUT2D eigenvalue weighted by Crippen LogP contribution is 2.32. The average Bonchev–Trinajstić information content (AvgIpc) is 3.11. The molecule has 1 aliphatic carbocycles. The summed E-state index contributed by atoms with van der Waals surface area (Å²) in [5.41, 5.74) is 2.78. The predicted molar refractivity (Wildman–Crippen MR) is 95.0 cm³/mol. The number of hydrogen-bond acceptors (Lipinski definition) is 6. The van der Waals surface area contributed by atoms with Crippen LogP contribution in [-0.2, 0) is 4.74 Å². The van der Waals surface area contributed by atoms with Crippen LogP contribution >= 0.6 is 0 Å². The highest BCUT2D eigenvalue weighted by Gasteiger charge is 2.22. The van der Waals surface area contributed by atoms with Crippen molar-refractivity contribution in [2.24, 2.45) is 5.18 Å². The Balaban J connectivity index is 2.07. The first-order valence-corrected chi connectivity index (χ1v) is 8.02. The van der Waals surface area contributed by atoms with Crippen molar-refractivity contribution in [1.29, 1.82) is 0 Å².